The van der Waals surface area contributed by atoms with Gasteiger partial charge >= 0.3 is 0 Å². The quantitative estimate of drug-likeness (QED) is 0.906. The third kappa shape index (κ3) is 2.62. The fourth-order valence-electron chi connectivity index (χ4n) is 1.40. The SMILES string of the molecule is CCn1nc(C(=O)Nc2cc(C)ns2)ccc1=O. The molecular formula is C11H12N4O2S. The van der Waals surface area contributed by atoms with Crippen molar-refractivity contribution >= 4 is 22.4 Å². The van der Waals surface area contributed by atoms with Gasteiger partial charge in [-0.1, -0.05) is 0 Å². The Kier molecular flexibility index (Phi) is 3.52. The number of aromatic nitrogens is 3. The van der Waals surface area contributed by atoms with E-state index in [9.17, 15) is 9.59 Å². The highest BCUT2D eigenvalue weighted by Gasteiger charge is 2.10. The van der Waals surface area contributed by atoms with Crippen molar-refractivity contribution in [1.29, 1.82) is 0 Å². The molecule has 0 saturated heterocycles. The van der Waals surface area contributed by atoms with Crippen molar-refractivity contribution in [3.05, 3.63) is 39.9 Å². The number of anilines is 1. The van der Waals surface area contributed by atoms with Crippen LogP contribution in [-0.4, -0.2) is 20.1 Å². The van der Waals surface area contributed by atoms with Gasteiger partial charge in [0.1, 0.15) is 10.7 Å². The Balaban J connectivity index is 2.21. The summed E-state index contributed by atoms with van der Waals surface area (Å²) in [4.78, 5) is 23.2. The molecule has 0 spiro atoms. The van der Waals surface area contributed by atoms with Crippen LogP contribution in [0.15, 0.2) is 23.0 Å². The van der Waals surface area contributed by atoms with E-state index in [-0.39, 0.29) is 17.2 Å². The van der Waals surface area contributed by atoms with Crippen LogP contribution in [-0.2, 0) is 6.54 Å². The number of nitrogens with one attached hydrogen (secondary N) is 1. The fraction of sp³-hybridized carbons (Fsp3) is 0.273. The highest BCUT2D eigenvalue weighted by atomic mass is 32.1. The van der Waals surface area contributed by atoms with E-state index in [1.165, 1.54) is 28.3 Å². The van der Waals surface area contributed by atoms with Crippen LogP contribution < -0.4 is 10.9 Å². The maximum Gasteiger partial charge on any atom is 0.276 e. The maximum absolute atomic E-state index is 11.9. The van der Waals surface area contributed by atoms with Crippen LogP contribution in [0.5, 0.6) is 0 Å². The van der Waals surface area contributed by atoms with Crippen molar-refractivity contribution in [2.75, 3.05) is 5.32 Å². The Morgan fingerprint density at radius 2 is 2.28 bits per heavy atom. The first-order valence-electron chi connectivity index (χ1n) is 5.43. The van der Waals surface area contributed by atoms with Crippen LogP contribution in [0.2, 0.25) is 0 Å². The standard InChI is InChI=1S/C11H12N4O2S/c1-3-15-10(16)5-4-8(13-15)11(17)12-9-6-7(2)14-18-9/h4-6H,3H2,1-2H3,(H,12,17). The summed E-state index contributed by atoms with van der Waals surface area (Å²) in [5, 5.41) is 7.32. The molecule has 2 rings (SSSR count). The third-order valence-corrected chi connectivity index (χ3v) is 3.06. The van der Waals surface area contributed by atoms with E-state index in [4.69, 9.17) is 0 Å². The second-order valence-electron chi connectivity index (χ2n) is 3.66. The summed E-state index contributed by atoms with van der Waals surface area (Å²) in [5.41, 5.74) is 0.840. The van der Waals surface area contributed by atoms with Gasteiger partial charge in [-0.05, 0) is 37.5 Å². The maximum atomic E-state index is 11.9. The molecule has 18 heavy (non-hydrogen) atoms. The van der Waals surface area contributed by atoms with E-state index in [1.807, 2.05) is 6.92 Å². The Hall–Kier alpha value is -2.02. The number of carbonyl (C=O) groups excluding carboxylic acids is 1. The lowest BCUT2D eigenvalue weighted by Gasteiger charge is -2.04. The number of rotatable bonds is 3. The number of carbonyl (C=O) groups is 1. The molecule has 2 aromatic heterocycles. The van der Waals surface area contributed by atoms with Gasteiger partial charge in [0.2, 0.25) is 0 Å². The normalized spacial score (nSPS) is 10.3. The zero-order valence-corrected chi connectivity index (χ0v) is 10.8. The van der Waals surface area contributed by atoms with Gasteiger partial charge in [0.05, 0.1) is 5.69 Å². The second-order valence-corrected chi connectivity index (χ2v) is 4.46. The first-order valence-corrected chi connectivity index (χ1v) is 6.20. The molecule has 0 unspecified atom stereocenters. The van der Waals surface area contributed by atoms with E-state index in [0.717, 1.165) is 5.69 Å². The second kappa shape index (κ2) is 5.09. The highest BCUT2D eigenvalue weighted by molar-refractivity contribution is 7.10. The molecule has 0 bridgehead atoms. The van der Waals surface area contributed by atoms with Crippen LogP contribution in [0.3, 0.4) is 0 Å². The van der Waals surface area contributed by atoms with Crippen molar-refractivity contribution < 1.29 is 4.79 Å². The smallest absolute Gasteiger partial charge is 0.276 e. The van der Waals surface area contributed by atoms with E-state index >= 15 is 0 Å². The first-order chi connectivity index (χ1) is 8.60. The summed E-state index contributed by atoms with van der Waals surface area (Å²) in [6.07, 6.45) is 0. The van der Waals surface area contributed by atoms with Crippen molar-refractivity contribution in [3.8, 4) is 0 Å². The van der Waals surface area contributed by atoms with E-state index < -0.39 is 0 Å². The summed E-state index contributed by atoms with van der Waals surface area (Å²) in [6.45, 7) is 4.07. The lowest BCUT2D eigenvalue weighted by atomic mass is 10.3. The van der Waals surface area contributed by atoms with Gasteiger partial charge in [-0.15, -0.1) is 0 Å². The van der Waals surface area contributed by atoms with Gasteiger partial charge < -0.3 is 5.32 Å². The van der Waals surface area contributed by atoms with E-state index in [2.05, 4.69) is 14.8 Å². The zero-order valence-electron chi connectivity index (χ0n) is 10.0. The van der Waals surface area contributed by atoms with Gasteiger partial charge in [0.25, 0.3) is 11.5 Å². The van der Waals surface area contributed by atoms with Crippen LogP contribution >= 0.6 is 11.5 Å². The Morgan fingerprint density at radius 1 is 1.50 bits per heavy atom. The molecule has 1 amide bonds. The van der Waals surface area contributed by atoms with Gasteiger partial charge in [0, 0.05) is 12.6 Å². The van der Waals surface area contributed by atoms with Crippen molar-refractivity contribution in [2.45, 2.75) is 20.4 Å². The number of hydrogen-bond donors (Lipinski definition) is 1. The van der Waals surface area contributed by atoms with Crippen LogP contribution in [0.1, 0.15) is 23.1 Å². The third-order valence-electron chi connectivity index (χ3n) is 2.26. The predicted octanol–water partition coefficient (Wildman–Crippen LogP) is 1.28. The van der Waals surface area contributed by atoms with Gasteiger partial charge in [-0.3, -0.25) is 9.59 Å². The summed E-state index contributed by atoms with van der Waals surface area (Å²) >= 11 is 1.21. The number of amides is 1. The van der Waals surface area contributed by atoms with Crippen molar-refractivity contribution in [3.63, 3.8) is 0 Å². The molecular weight excluding hydrogens is 252 g/mol. The molecule has 0 aliphatic rings. The molecule has 7 heteroatoms. The van der Waals surface area contributed by atoms with Crippen LogP contribution in [0, 0.1) is 6.92 Å². The molecule has 94 valence electrons. The molecule has 0 atom stereocenters. The number of hydrogen-bond acceptors (Lipinski definition) is 5. The molecule has 2 aromatic rings. The fourth-order valence-corrected chi connectivity index (χ4v) is 2.05. The monoisotopic (exact) mass is 264 g/mol. The summed E-state index contributed by atoms with van der Waals surface area (Å²) < 4.78 is 5.31. The number of nitrogens with zero attached hydrogens (tertiary/aromatic N) is 3. The van der Waals surface area contributed by atoms with Gasteiger partial charge in [-0.25, -0.2) is 4.68 Å². The molecule has 1 N–H and O–H groups in total. The van der Waals surface area contributed by atoms with E-state index in [0.29, 0.717) is 11.5 Å². The molecule has 0 aliphatic carbocycles. The van der Waals surface area contributed by atoms with Crippen LogP contribution in [0.25, 0.3) is 0 Å². The van der Waals surface area contributed by atoms with Crippen LogP contribution in [0.4, 0.5) is 5.00 Å². The minimum atomic E-state index is -0.346. The van der Waals surface area contributed by atoms with E-state index in [1.54, 1.807) is 13.0 Å². The molecule has 0 aliphatic heterocycles. The molecule has 6 nitrogen and oxygen atoms in total. The molecule has 0 radical (unpaired) electrons. The highest BCUT2D eigenvalue weighted by Crippen LogP contribution is 2.15. The molecule has 2 heterocycles. The molecule has 0 fully saturated rings. The number of aryl methyl sites for hydroxylation is 2. The van der Waals surface area contributed by atoms with Gasteiger partial charge in [0.15, 0.2) is 0 Å². The summed E-state index contributed by atoms with van der Waals surface area (Å²) in [6, 6.07) is 4.53. The Bertz CT molecular complexity index is 632. The van der Waals surface area contributed by atoms with Crippen molar-refractivity contribution in [1.82, 2.24) is 14.2 Å². The topological polar surface area (TPSA) is 76.9 Å². The van der Waals surface area contributed by atoms with Crippen molar-refractivity contribution in [2.24, 2.45) is 0 Å². The lowest BCUT2D eigenvalue weighted by molar-refractivity contribution is 0.102. The minimum Gasteiger partial charge on any atom is -0.311 e. The average molecular weight is 264 g/mol. The zero-order chi connectivity index (χ0) is 13.1. The molecule has 0 aromatic carbocycles. The predicted molar refractivity (Wildman–Crippen MR) is 69.0 cm³/mol. The average Bonchev–Trinajstić information content (AvgIpc) is 2.75. The Labute approximate surface area is 107 Å². The molecule has 0 saturated carbocycles. The first kappa shape index (κ1) is 12.4. The minimum absolute atomic E-state index is 0.211. The summed E-state index contributed by atoms with van der Waals surface area (Å²) in [5.74, 6) is -0.346. The summed E-state index contributed by atoms with van der Waals surface area (Å²) in [7, 11) is 0. The largest absolute Gasteiger partial charge is 0.311 e. The van der Waals surface area contributed by atoms with Gasteiger partial charge in [-0.2, -0.15) is 9.47 Å². The lowest BCUT2D eigenvalue weighted by Crippen LogP contribution is -2.25. The Morgan fingerprint density at radius 3 is 2.89 bits per heavy atom.